The molecule has 0 amide bonds. The zero-order chi connectivity index (χ0) is 19.3. The van der Waals surface area contributed by atoms with Crippen molar-refractivity contribution in [1.29, 1.82) is 0 Å². The Kier molecular flexibility index (Phi) is 6.87. The molecule has 0 aliphatic heterocycles. The van der Waals surface area contributed by atoms with E-state index in [2.05, 4.69) is 4.72 Å². The number of carbonyl (C=O) groups is 1. The second-order valence-corrected chi connectivity index (χ2v) is 8.87. The fourth-order valence-corrected chi connectivity index (χ4v) is 4.14. The highest BCUT2D eigenvalue weighted by Gasteiger charge is 2.15. The SMILES string of the molecule is O=C(O)CS(=O)c1ccc(CCNS(=O)(=O)c2ccc(Cl)cc2)cc1F. The third-order valence-electron chi connectivity index (χ3n) is 3.33. The lowest BCUT2D eigenvalue weighted by Gasteiger charge is -2.08. The number of carboxylic acids is 1. The van der Waals surface area contributed by atoms with Crippen LogP contribution >= 0.6 is 11.6 Å². The van der Waals surface area contributed by atoms with Gasteiger partial charge in [0.05, 0.1) is 20.6 Å². The van der Waals surface area contributed by atoms with Crippen LogP contribution in [0.3, 0.4) is 0 Å². The summed E-state index contributed by atoms with van der Waals surface area (Å²) >= 11 is 5.72. The van der Waals surface area contributed by atoms with Crippen molar-refractivity contribution in [3.63, 3.8) is 0 Å². The molecular weight excluding hydrogens is 405 g/mol. The van der Waals surface area contributed by atoms with E-state index in [1.165, 1.54) is 36.4 Å². The maximum atomic E-state index is 14.0. The Hall–Kier alpha value is -1.81. The standard InChI is InChI=1S/C16H15ClFNO5S2/c17-12-2-4-13(5-3-12)26(23,24)19-8-7-11-1-6-15(14(18)9-11)25(22)10-16(20)21/h1-6,9,19H,7-8,10H2,(H,20,21). The Morgan fingerprint density at radius 1 is 1.19 bits per heavy atom. The Balaban J connectivity index is 1.99. The Bertz CT molecular complexity index is 932. The van der Waals surface area contributed by atoms with Gasteiger partial charge in [-0.2, -0.15) is 0 Å². The second-order valence-electron chi connectivity index (χ2n) is 5.25. The number of carboxylic acid groups (broad SMARTS) is 1. The molecule has 0 aliphatic rings. The highest BCUT2D eigenvalue weighted by atomic mass is 35.5. The fourth-order valence-electron chi connectivity index (χ4n) is 2.10. The molecule has 0 spiro atoms. The number of aliphatic carboxylic acids is 1. The lowest BCUT2D eigenvalue weighted by Crippen LogP contribution is -2.26. The Morgan fingerprint density at radius 2 is 1.85 bits per heavy atom. The van der Waals surface area contributed by atoms with Crippen molar-refractivity contribution in [2.24, 2.45) is 0 Å². The zero-order valence-corrected chi connectivity index (χ0v) is 15.7. The molecule has 0 saturated heterocycles. The molecule has 2 rings (SSSR count). The summed E-state index contributed by atoms with van der Waals surface area (Å²) in [5.74, 6) is -2.76. The van der Waals surface area contributed by atoms with Crippen LogP contribution in [-0.4, -0.2) is 36.0 Å². The van der Waals surface area contributed by atoms with Gasteiger partial charge < -0.3 is 5.11 Å². The average molecular weight is 420 g/mol. The number of hydrogen-bond acceptors (Lipinski definition) is 4. The van der Waals surface area contributed by atoms with Crippen molar-refractivity contribution >= 4 is 38.4 Å². The summed E-state index contributed by atoms with van der Waals surface area (Å²) in [4.78, 5) is 10.4. The molecule has 26 heavy (non-hydrogen) atoms. The molecule has 0 saturated carbocycles. The summed E-state index contributed by atoms with van der Waals surface area (Å²) in [6, 6.07) is 9.51. The summed E-state index contributed by atoms with van der Waals surface area (Å²) in [5.41, 5.74) is 0.484. The predicted molar refractivity (Wildman–Crippen MR) is 95.7 cm³/mol. The first-order valence-corrected chi connectivity index (χ1v) is 10.5. The Labute approximate surface area is 157 Å². The van der Waals surface area contributed by atoms with Crippen LogP contribution in [0.2, 0.25) is 5.02 Å². The van der Waals surface area contributed by atoms with Gasteiger partial charge in [-0.05, 0) is 48.4 Å². The summed E-state index contributed by atoms with van der Waals surface area (Å²) < 4.78 is 52.3. The molecule has 0 heterocycles. The van der Waals surface area contributed by atoms with Crippen LogP contribution < -0.4 is 4.72 Å². The van der Waals surface area contributed by atoms with Gasteiger partial charge in [-0.25, -0.2) is 17.5 Å². The molecule has 2 N–H and O–H groups in total. The number of hydrogen-bond donors (Lipinski definition) is 2. The van der Waals surface area contributed by atoms with E-state index in [0.29, 0.717) is 10.6 Å². The summed E-state index contributed by atoms with van der Waals surface area (Å²) in [5, 5.41) is 9.02. The monoisotopic (exact) mass is 419 g/mol. The first-order valence-electron chi connectivity index (χ1n) is 7.33. The molecular formula is C16H15ClFNO5S2. The van der Waals surface area contributed by atoms with Gasteiger partial charge in [-0.15, -0.1) is 0 Å². The minimum absolute atomic E-state index is 0.0297. The molecule has 1 atom stereocenters. The molecule has 0 aliphatic carbocycles. The van der Waals surface area contributed by atoms with Crippen LogP contribution in [0.4, 0.5) is 4.39 Å². The largest absolute Gasteiger partial charge is 0.481 e. The van der Waals surface area contributed by atoms with Gasteiger partial charge in [-0.1, -0.05) is 17.7 Å². The maximum absolute atomic E-state index is 14.0. The van der Waals surface area contributed by atoms with Crippen molar-refractivity contribution in [2.45, 2.75) is 16.2 Å². The third kappa shape index (κ3) is 5.60. The number of benzene rings is 2. The van der Waals surface area contributed by atoms with E-state index in [-0.39, 0.29) is 22.8 Å². The first-order chi connectivity index (χ1) is 12.2. The van der Waals surface area contributed by atoms with Gasteiger partial charge in [-0.3, -0.25) is 9.00 Å². The van der Waals surface area contributed by atoms with Gasteiger partial charge >= 0.3 is 5.97 Å². The quantitative estimate of drug-likeness (QED) is 0.683. The number of rotatable bonds is 8. The van der Waals surface area contributed by atoms with Crippen LogP contribution in [0.25, 0.3) is 0 Å². The van der Waals surface area contributed by atoms with E-state index >= 15 is 0 Å². The van der Waals surface area contributed by atoms with E-state index in [0.717, 1.165) is 6.07 Å². The Morgan fingerprint density at radius 3 is 2.42 bits per heavy atom. The van der Waals surface area contributed by atoms with E-state index in [1.807, 2.05) is 0 Å². The molecule has 2 aromatic carbocycles. The maximum Gasteiger partial charge on any atom is 0.316 e. The highest BCUT2D eigenvalue weighted by Crippen LogP contribution is 2.16. The van der Waals surface area contributed by atoms with Crippen LogP contribution in [0.5, 0.6) is 0 Å². The van der Waals surface area contributed by atoms with Gasteiger partial charge in [0.25, 0.3) is 0 Å². The van der Waals surface area contributed by atoms with Crippen molar-refractivity contribution in [3.8, 4) is 0 Å². The third-order valence-corrected chi connectivity index (χ3v) is 6.39. The molecule has 1 unspecified atom stereocenters. The average Bonchev–Trinajstić information content (AvgIpc) is 2.54. The number of nitrogens with one attached hydrogen (secondary N) is 1. The molecule has 0 aromatic heterocycles. The van der Waals surface area contributed by atoms with Gasteiger partial charge in [0, 0.05) is 11.6 Å². The van der Waals surface area contributed by atoms with Gasteiger partial charge in [0.15, 0.2) is 0 Å². The molecule has 6 nitrogen and oxygen atoms in total. The van der Waals surface area contributed by atoms with Crippen LogP contribution in [0.15, 0.2) is 52.3 Å². The van der Waals surface area contributed by atoms with Gasteiger partial charge in [0.2, 0.25) is 10.0 Å². The van der Waals surface area contributed by atoms with E-state index in [1.54, 1.807) is 0 Å². The van der Waals surface area contributed by atoms with Gasteiger partial charge in [0.1, 0.15) is 11.6 Å². The van der Waals surface area contributed by atoms with Crippen molar-refractivity contribution in [1.82, 2.24) is 4.72 Å². The number of sulfonamides is 1. The molecule has 10 heteroatoms. The topological polar surface area (TPSA) is 101 Å². The minimum atomic E-state index is -3.71. The van der Waals surface area contributed by atoms with Crippen molar-refractivity contribution in [2.75, 3.05) is 12.3 Å². The summed E-state index contributed by atoms with van der Waals surface area (Å²) in [6.45, 7) is 0.0297. The fraction of sp³-hybridized carbons (Fsp3) is 0.188. The smallest absolute Gasteiger partial charge is 0.316 e. The molecule has 0 radical (unpaired) electrons. The molecule has 2 aromatic rings. The molecule has 0 bridgehead atoms. The van der Waals surface area contributed by atoms with E-state index in [9.17, 15) is 21.8 Å². The molecule has 140 valence electrons. The van der Waals surface area contributed by atoms with Crippen LogP contribution in [0, 0.1) is 5.82 Å². The lowest BCUT2D eigenvalue weighted by molar-refractivity contribution is -0.133. The van der Waals surface area contributed by atoms with Crippen molar-refractivity contribution < 1.29 is 26.9 Å². The predicted octanol–water partition coefficient (Wildman–Crippen LogP) is 2.19. The summed E-state index contributed by atoms with van der Waals surface area (Å²) in [7, 11) is -5.69. The van der Waals surface area contributed by atoms with E-state index < -0.39 is 38.4 Å². The van der Waals surface area contributed by atoms with Crippen LogP contribution in [-0.2, 0) is 32.0 Å². The van der Waals surface area contributed by atoms with E-state index in [4.69, 9.17) is 16.7 Å². The van der Waals surface area contributed by atoms with Crippen molar-refractivity contribution in [3.05, 3.63) is 58.9 Å². The molecule has 0 fully saturated rings. The number of halogens is 2. The first kappa shape index (κ1) is 20.5. The summed E-state index contributed by atoms with van der Waals surface area (Å²) in [6.07, 6.45) is 0.204. The van der Waals surface area contributed by atoms with Crippen LogP contribution in [0.1, 0.15) is 5.56 Å². The second kappa shape index (κ2) is 8.72. The normalized spacial score (nSPS) is 12.7. The lowest BCUT2D eigenvalue weighted by atomic mass is 10.1. The highest BCUT2D eigenvalue weighted by molar-refractivity contribution is 7.89. The minimum Gasteiger partial charge on any atom is -0.481 e. The zero-order valence-electron chi connectivity index (χ0n) is 13.3.